The van der Waals surface area contributed by atoms with E-state index in [1.54, 1.807) is 0 Å². The van der Waals surface area contributed by atoms with Crippen LogP contribution in [0.25, 0.3) is 0 Å². The van der Waals surface area contributed by atoms with E-state index in [0.29, 0.717) is 11.9 Å². The fraction of sp³-hybridized carbons (Fsp3) is 0.692. The normalized spacial score (nSPS) is 17.6. The zero-order chi connectivity index (χ0) is 12.4. The quantitative estimate of drug-likeness (QED) is 0.840. The molecule has 0 aromatic carbocycles. The van der Waals surface area contributed by atoms with E-state index in [9.17, 15) is 0 Å². The molecule has 2 rings (SSSR count). The van der Waals surface area contributed by atoms with Crippen molar-refractivity contribution >= 4 is 11.6 Å². The van der Waals surface area contributed by atoms with Gasteiger partial charge in [-0.25, -0.2) is 9.97 Å². The molecule has 0 bridgehead atoms. The van der Waals surface area contributed by atoms with E-state index in [4.69, 9.17) is 5.73 Å². The highest BCUT2D eigenvalue weighted by atomic mass is 15.1. The molecule has 94 valence electrons. The molecule has 1 aromatic rings. The molecular formula is C13H22N4. The van der Waals surface area contributed by atoms with Gasteiger partial charge in [0.1, 0.15) is 17.5 Å². The number of nitrogens with two attached hydrogens (primary N) is 1. The number of hydrogen-bond donors (Lipinski definition) is 2. The molecule has 1 aliphatic rings. The van der Waals surface area contributed by atoms with Crippen molar-refractivity contribution in [2.75, 3.05) is 11.1 Å². The topological polar surface area (TPSA) is 63.8 Å². The van der Waals surface area contributed by atoms with Crippen molar-refractivity contribution in [3.63, 3.8) is 0 Å². The highest BCUT2D eigenvalue weighted by Gasteiger charge is 2.24. The van der Waals surface area contributed by atoms with Gasteiger partial charge in [-0.05, 0) is 32.6 Å². The third-order valence-corrected chi connectivity index (χ3v) is 3.77. The van der Waals surface area contributed by atoms with Crippen molar-refractivity contribution in [1.82, 2.24) is 9.97 Å². The molecule has 4 nitrogen and oxygen atoms in total. The summed E-state index contributed by atoms with van der Waals surface area (Å²) >= 11 is 0. The minimum absolute atomic E-state index is 0.474. The monoisotopic (exact) mass is 234 g/mol. The van der Waals surface area contributed by atoms with Crippen molar-refractivity contribution in [3.05, 3.63) is 11.4 Å². The second kappa shape index (κ2) is 4.90. The molecule has 1 atom stereocenters. The smallest absolute Gasteiger partial charge is 0.134 e. The minimum atomic E-state index is 0.474. The van der Waals surface area contributed by atoms with Gasteiger partial charge >= 0.3 is 0 Å². The van der Waals surface area contributed by atoms with Crippen LogP contribution in [-0.2, 0) is 6.42 Å². The van der Waals surface area contributed by atoms with Gasteiger partial charge in [0, 0.05) is 18.0 Å². The first-order valence-electron chi connectivity index (χ1n) is 6.51. The first kappa shape index (κ1) is 12.1. The van der Waals surface area contributed by atoms with Gasteiger partial charge in [0.2, 0.25) is 0 Å². The number of rotatable bonds is 4. The minimum Gasteiger partial charge on any atom is -0.383 e. The summed E-state index contributed by atoms with van der Waals surface area (Å²) in [5, 5.41) is 3.50. The van der Waals surface area contributed by atoms with E-state index in [2.05, 4.69) is 22.2 Å². The first-order valence-corrected chi connectivity index (χ1v) is 6.51. The molecule has 1 aromatic heterocycles. The Kier molecular flexibility index (Phi) is 3.50. The van der Waals surface area contributed by atoms with E-state index in [-0.39, 0.29) is 0 Å². The van der Waals surface area contributed by atoms with Gasteiger partial charge in [-0.3, -0.25) is 0 Å². The molecule has 1 aliphatic carbocycles. The van der Waals surface area contributed by atoms with Crippen LogP contribution in [0.1, 0.15) is 44.5 Å². The third-order valence-electron chi connectivity index (χ3n) is 3.77. The highest BCUT2D eigenvalue weighted by Crippen LogP contribution is 2.31. The Balaban J connectivity index is 2.15. The Morgan fingerprint density at radius 1 is 1.41 bits per heavy atom. The van der Waals surface area contributed by atoms with Crippen LogP contribution in [0, 0.1) is 12.8 Å². The SMILES string of the molecule is CCc1nc(N)c(C)c(NC(C)C2CCC2)n1. The fourth-order valence-electron chi connectivity index (χ4n) is 2.15. The van der Waals surface area contributed by atoms with Gasteiger partial charge in [0.05, 0.1) is 0 Å². The summed E-state index contributed by atoms with van der Waals surface area (Å²) in [6.07, 6.45) is 4.83. The Labute approximate surface area is 103 Å². The van der Waals surface area contributed by atoms with Gasteiger partial charge in [-0.15, -0.1) is 0 Å². The standard InChI is InChI=1S/C13H22N4/c1-4-11-16-12(14)8(2)13(17-11)15-9(3)10-6-5-7-10/h9-10H,4-7H2,1-3H3,(H3,14,15,16,17). The van der Waals surface area contributed by atoms with Crippen LogP contribution in [-0.4, -0.2) is 16.0 Å². The van der Waals surface area contributed by atoms with Crippen LogP contribution < -0.4 is 11.1 Å². The maximum atomic E-state index is 5.90. The summed E-state index contributed by atoms with van der Waals surface area (Å²) in [6.45, 7) is 6.25. The molecule has 1 fully saturated rings. The predicted octanol–water partition coefficient (Wildman–Crippen LogP) is 2.53. The number of nitrogens with one attached hydrogen (secondary N) is 1. The van der Waals surface area contributed by atoms with Crippen LogP contribution in [0.2, 0.25) is 0 Å². The molecule has 0 aliphatic heterocycles. The molecule has 3 N–H and O–H groups in total. The van der Waals surface area contributed by atoms with E-state index >= 15 is 0 Å². The lowest BCUT2D eigenvalue weighted by Gasteiger charge is -2.32. The zero-order valence-corrected chi connectivity index (χ0v) is 11.0. The lowest BCUT2D eigenvalue weighted by molar-refractivity contribution is 0.285. The van der Waals surface area contributed by atoms with Crippen molar-refractivity contribution in [2.24, 2.45) is 5.92 Å². The molecule has 0 amide bonds. The predicted molar refractivity (Wildman–Crippen MR) is 71.0 cm³/mol. The molecule has 0 radical (unpaired) electrons. The van der Waals surface area contributed by atoms with Crippen LogP contribution in [0.5, 0.6) is 0 Å². The van der Waals surface area contributed by atoms with Gasteiger partial charge in [0.25, 0.3) is 0 Å². The van der Waals surface area contributed by atoms with Crippen LogP contribution >= 0.6 is 0 Å². The second-order valence-electron chi connectivity index (χ2n) is 4.98. The average Bonchev–Trinajstić information content (AvgIpc) is 2.21. The van der Waals surface area contributed by atoms with Gasteiger partial charge in [-0.1, -0.05) is 13.3 Å². The van der Waals surface area contributed by atoms with Crippen LogP contribution in [0.3, 0.4) is 0 Å². The Bertz CT molecular complexity index is 399. The van der Waals surface area contributed by atoms with Crippen molar-refractivity contribution in [1.29, 1.82) is 0 Å². The largest absolute Gasteiger partial charge is 0.383 e. The second-order valence-corrected chi connectivity index (χ2v) is 4.98. The van der Waals surface area contributed by atoms with Crippen molar-refractivity contribution < 1.29 is 0 Å². The lowest BCUT2D eigenvalue weighted by Crippen LogP contribution is -2.31. The van der Waals surface area contributed by atoms with Crippen molar-refractivity contribution in [2.45, 2.75) is 52.5 Å². The van der Waals surface area contributed by atoms with Gasteiger partial charge < -0.3 is 11.1 Å². The van der Waals surface area contributed by atoms with Crippen LogP contribution in [0.15, 0.2) is 0 Å². The number of aryl methyl sites for hydroxylation is 1. The Morgan fingerprint density at radius 2 is 2.12 bits per heavy atom. The molecular weight excluding hydrogens is 212 g/mol. The summed E-state index contributed by atoms with van der Waals surface area (Å²) in [5.74, 6) is 3.11. The third kappa shape index (κ3) is 2.51. The molecule has 1 heterocycles. The summed E-state index contributed by atoms with van der Waals surface area (Å²) < 4.78 is 0. The van der Waals surface area contributed by atoms with E-state index in [1.165, 1.54) is 19.3 Å². The number of nitrogens with zero attached hydrogens (tertiary/aromatic N) is 2. The van der Waals surface area contributed by atoms with Crippen LogP contribution in [0.4, 0.5) is 11.6 Å². The Hall–Kier alpha value is -1.32. The number of nitrogen functional groups attached to an aromatic ring is 1. The number of hydrogen-bond acceptors (Lipinski definition) is 4. The number of aromatic nitrogens is 2. The maximum Gasteiger partial charge on any atom is 0.134 e. The summed E-state index contributed by atoms with van der Waals surface area (Å²) in [7, 11) is 0. The Morgan fingerprint density at radius 3 is 2.65 bits per heavy atom. The number of anilines is 2. The molecule has 1 unspecified atom stereocenters. The average molecular weight is 234 g/mol. The summed E-state index contributed by atoms with van der Waals surface area (Å²) in [5.41, 5.74) is 6.87. The summed E-state index contributed by atoms with van der Waals surface area (Å²) in [6, 6.07) is 0.474. The lowest BCUT2D eigenvalue weighted by atomic mass is 9.80. The molecule has 0 spiro atoms. The van der Waals surface area contributed by atoms with Crippen molar-refractivity contribution in [3.8, 4) is 0 Å². The fourth-order valence-corrected chi connectivity index (χ4v) is 2.15. The van der Waals surface area contributed by atoms with Gasteiger partial charge in [-0.2, -0.15) is 0 Å². The molecule has 1 saturated carbocycles. The van der Waals surface area contributed by atoms with E-state index in [1.807, 2.05) is 13.8 Å². The van der Waals surface area contributed by atoms with Gasteiger partial charge in [0.15, 0.2) is 0 Å². The first-order chi connectivity index (χ1) is 8.11. The zero-order valence-electron chi connectivity index (χ0n) is 11.0. The van der Waals surface area contributed by atoms with E-state index < -0.39 is 0 Å². The van der Waals surface area contributed by atoms with E-state index in [0.717, 1.165) is 29.5 Å². The molecule has 17 heavy (non-hydrogen) atoms. The molecule has 0 saturated heterocycles. The molecule has 4 heteroatoms. The highest BCUT2D eigenvalue weighted by molar-refractivity contribution is 5.55. The maximum absolute atomic E-state index is 5.90. The summed E-state index contributed by atoms with van der Waals surface area (Å²) in [4.78, 5) is 8.79.